The summed E-state index contributed by atoms with van der Waals surface area (Å²) >= 11 is 5.02. The second-order valence-corrected chi connectivity index (χ2v) is 7.65. The van der Waals surface area contributed by atoms with Crippen LogP contribution < -0.4 is 5.32 Å². The van der Waals surface area contributed by atoms with Crippen molar-refractivity contribution in [3.63, 3.8) is 0 Å². The smallest absolute Gasteiger partial charge is 0.230 e. The van der Waals surface area contributed by atoms with Gasteiger partial charge in [0.15, 0.2) is 0 Å². The van der Waals surface area contributed by atoms with E-state index in [-0.39, 0.29) is 5.91 Å². The summed E-state index contributed by atoms with van der Waals surface area (Å²) in [5, 5.41) is 8.21. The van der Waals surface area contributed by atoms with Crippen molar-refractivity contribution in [3.8, 4) is 9.88 Å². The molecule has 3 nitrogen and oxygen atoms in total. The van der Waals surface area contributed by atoms with Crippen LogP contribution in [0.2, 0.25) is 0 Å². The van der Waals surface area contributed by atoms with Gasteiger partial charge in [-0.25, -0.2) is 4.98 Å². The molecule has 0 bridgehead atoms. The van der Waals surface area contributed by atoms with Crippen molar-refractivity contribution < 1.29 is 4.79 Å². The molecule has 2 aromatic rings. The molecule has 20 heavy (non-hydrogen) atoms. The predicted molar refractivity (Wildman–Crippen MR) is 87.3 cm³/mol. The number of thiazole rings is 1. The second kappa shape index (κ2) is 6.74. The van der Waals surface area contributed by atoms with Crippen LogP contribution in [-0.4, -0.2) is 23.2 Å². The molecule has 0 saturated heterocycles. The standard InChI is InChI=1S/C14H16N2OS3/c17-13(15-6-10-3-4-10)9-18-7-11-8-20-14(16-11)12-2-1-5-19-12/h1-2,5,8,10H,3-4,6-7,9H2,(H,15,17). The van der Waals surface area contributed by atoms with Crippen LogP contribution in [0.4, 0.5) is 0 Å². The summed E-state index contributed by atoms with van der Waals surface area (Å²) < 4.78 is 0. The molecule has 0 atom stereocenters. The first-order valence-electron chi connectivity index (χ1n) is 6.64. The number of carbonyl (C=O) groups excluding carboxylic acids is 1. The second-order valence-electron chi connectivity index (χ2n) is 4.86. The third-order valence-electron chi connectivity index (χ3n) is 3.05. The predicted octanol–water partition coefficient (Wildman–Crippen LogP) is 3.63. The molecule has 0 spiro atoms. The Bertz CT molecular complexity index is 561. The van der Waals surface area contributed by atoms with E-state index >= 15 is 0 Å². The zero-order chi connectivity index (χ0) is 13.8. The number of aromatic nitrogens is 1. The third kappa shape index (κ3) is 4.07. The van der Waals surface area contributed by atoms with Gasteiger partial charge in [-0.1, -0.05) is 6.07 Å². The highest BCUT2D eigenvalue weighted by atomic mass is 32.2. The van der Waals surface area contributed by atoms with Gasteiger partial charge in [0, 0.05) is 17.7 Å². The number of hydrogen-bond donors (Lipinski definition) is 1. The van der Waals surface area contributed by atoms with Crippen molar-refractivity contribution in [1.82, 2.24) is 10.3 Å². The lowest BCUT2D eigenvalue weighted by atomic mass is 10.4. The molecule has 1 N–H and O–H groups in total. The number of amides is 1. The Kier molecular flexibility index (Phi) is 4.75. The highest BCUT2D eigenvalue weighted by molar-refractivity contribution is 7.99. The molecule has 1 aliphatic rings. The zero-order valence-electron chi connectivity index (χ0n) is 11.0. The summed E-state index contributed by atoms with van der Waals surface area (Å²) in [7, 11) is 0. The summed E-state index contributed by atoms with van der Waals surface area (Å²) in [5.74, 6) is 2.23. The van der Waals surface area contributed by atoms with Crippen LogP contribution in [0.5, 0.6) is 0 Å². The van der Waals surface area contributed by atoms with Crippen molar-refractivity contribution in [2.45, 2.75) is 18.6 Å². The Labute approximate surface area is 130 Å². The average Bonchev–Trinajstić information content (AvgIpc) is 2.92. The maximum absolute atomic E-state index is 11.6. The fourth-order valence-electron chi connectivity index (χ4n) is 1.77. The molecule has 1 saturated carbocycles. The van der Waals surface area contributed by atoms with Gasteiger partial charge < -0.3 is 5.32 Å². The minimum Gasteiger partial charge on any atom is -0.355 e. The van der Waals surface area contributed by atoms with E-state index in [0.29, 0.717) is 5.75 Å². The van der Waals surface area contributed by atoms with Gasteiger partial charge in [-0.3, -0.25) is 4.79 Å². The molecule has 6 heteroatoms. The van der Waals surface area contributed by atoms with E-state index in [1.807, 2.05) is 6.07 Å². The van der Waals surface area contributed by atoms with Gasteiger partial charge in [0.1, 0.15) is 5.01 Å². The Balaban J connectivity index is 1.40. The number of hydrogen-bond acceptors (Lipinski definition) is 5. The molecule has 0 unspecified atom stereocenters. The monoisotopic (exact) mass is 324 g/mol. The van der Waals surface area contributed by atoms with E-state index in [4.69, 9.17) is 0 Å². The minimum absolute atomic E-state index is 0.149. The van der Waals surface area contributed by atoms with E-state index < -0.39 is 0 Å². The number of thioether (sulfide) groups is 1. The Hall–Kier alpha value is -0.850. The Morgan fingerprint density at radius 3 is 3.10 bits per heavy atom. The molecule has 0 radical (unpaired) electrons. The molecule has 0 aromatic carbocycles. The van der Waals surface area contributed by atoms with Crippen LogP contribution in [0.1, 0.15) is 18.5 Å². The summed E-state index contributed by atoms with van der Waals surface area (Å²) in [4.78, 5) is 17.4. The van der Waals surface area contributed by atoms with Crippen LogP contribution in [0.25, 0.3) is 9.88 Å². The minimum atomic E-state index is 0.149. The topological polar surface area (TPSA) is 42.0 Å². The molecule has 2 aromatic heterocycles. The van der Waals surface area contributed by atoms with E-state index in [1.54, 1.807) is 34.4 Å². The van der Waals surface area contributed by atoms with Crippen molar-refractivity contribution in [2.24, 2.45) is 5.92 Å². The van der Waals surface area contributed by atoms with Gasteiger partial charge in [0.05, 0.1) is 16.3 Å². The highest BCUT2D eigenvalue weighted by Gasteiger charge is 2.21. The van der Waals surface area contributed by atoms with Crippen LogP contribution >= 0.6 is 34.4 Å². The Morgan fingerprint density at radius 2 is 2.35 bits per heavy atom. The zero-order valence-corrected chi connectivity index (χ0v) is 13.5. The molecule has 3 rings (SSSR count). The number of nitrogens with zero attached hydrogens (tertiary/aromatic N) is 1. The fourth-order valence-corrected chi connectivity index (χ4v) is 4.25. The van der Waals surface area contributed by atoms with Gasteiger partial charge in [-0.2, -0.15) is 0 Å². The summed E-state index contributed by atoms with van der Waals surface area (Å²) in [6.45, 7) is 0.860. The van der Waals surface area contributed by atoms with Gasteiger partial charge in [0.2, 0.25) is 5.91 Å². The normalized spacial score (nSPS) is 14.4. The van der Waals surface area contributed by atoms with Crippen molar-refractivity contribution >= 4 is 40.3 Å². The maximum Gasteiger partial charge on any atom is 0.230 e. The lowest BCUT2D eigenvalue weighted by Gasteiger charge is -2.02. The van der Waals surface area contributed by atoms with Gasteiger partial charge in [0.25, 0.3) is 0 Å². The first kappa shape index (κ1) is 14.1. The first-order valence-corrected chi connectivity index (χ1v) is 9.55. The quantitative estimate of drug-likeness (QED) is 0.845. The van der Waals surface area contributed by atoms with E-state index in [2.05, 4.69) is 27.1 Å². The molecular formula is C14H16N2OS3. The maximum atomic E-state index is 11.6. The number of nitrogens with one attached hydrogen (secondary N) is 1. The SMILES string of the molecule is O=C(CSCc1csc(-c2cccs2)n1)NCC1CC1. The molecule has 1 aliphatic carbocycles. The molecule has 1 amide bonds. The van der Waals surface area contributed by atoms with Crippen LogP contribution in [-0.2, 0) is 10.5 Å². The number of carbonyl (C=O) groups is 1. The highest BCUT2D eigenvalue weighted by Crippen LogP contribution is 2.29. The summed E-state index contributed by atoms with van der Waals surface area (Å²) in [6, 6.07) is 4.13. The molecule has 0 aliphatic heterocycles. The molecule has 2 heterocycles. The van der Waals surface area contributed by atoms with Gasteiger partial charge in [-0.05, 0) is 30.2 Å². The van der Waals surface area contributed by atoms with Crippen LogP contribution in [0, 0.1) is 5.92 Å². The Morgan fingerprint density at radius 1 is 1.45 bits per heavy atom. The lowest BCUT2D eigenvalue weighted by Crippen LogP contribution is -2.27. The van der Waals surface area contributed by atoms with Crippen molar-refractivity contribution in [3.05, 3.63) is 28.6 Å². The van der Waals surface area contributed by atoms with Crippen molar-refractivity contribution in [1.29, 1.82) is 0 Å². The van der Waals surface area contributed by atoms with Gasteiger partial charge >= 0.3 is 0 Å². The van der Waals surface area contributed by atoms with Crippen molar-refractivity contribution in [2.75, 3.05) is 12.3 Å². The van der Waals surface area contributed by atoms with E-state index in [1.165, 1.54) is 17.7 Å². The fraction of sp³-hybridized carbons (Fsp3) is 0.429. The summed E-state index contributed by atoms with van der Waals surface area (Å²) in [6.07, 6.45) is 2.55. The molecule has 1 fully saturated rings. The lowest BCUT2D eigenvalue weighted by molar-refractivity contribution is -0.118. The number of thiophene rings is 1. The molecule has 106 valence electrons. The summed E-state index contributed by atoms with van der Waals surface area (Å²) in [5.41, 5.74) is 1.07. The third-order valence-corrected chi connectivity index (χ3v) is 5.95. The van der Waals surface area contributed by atoms with Gasteiger partial charge in [-0.15, -0.1) is 34.4 Å². The largest absolute Gasteiger partial charge is 0.355 e. The first-order chi connectivity index (χ1) is 9.81. The van der Waals surface area contributed by atoms with E-state index in [9.17, 15) is 4.79 Å². The molecular weight excluding hydrogens is 308 g/mol. The average molecular weight is 324 g/mol. The van der Waals surface area contributed by atoms with Crippen LogP contribution in [0.3, 0.4) is 0 Å². The van der Waals surface area contributed by atoms with Crippen LogP contribution in [0.15, 0.2) is 22.9 Å². The number of rotatable bonds is 7. The van der Waals surface area contributed by atoms with E-state index in [0.717, 1.165) is 28.9 Å².